The van der Waals surface area contributed by atoms with E-state index in [0.717, 1.165) is 61.3 Å². The van der Waals surface area contributed by atoms with E-state index in [1.54, 1.807) is 24.3 Å². The van der Waals surface area contributed by atoms with Gasteiger partial charge in [-0.25, -0.2) is 4.98 Å². The molecule has 29 heavy (non-hydrogen) atoms. The van der Waals surface area contributed by atoms with Crippen LogP contribution in [-0.2, 0) is 25.8 Å². The molecule has 3 aromatic rings. The maximum atomic E-state index is 12.6. The van der Waals surface area contributed by atoms with Crippen LogP contribution >= 0.6 is 11.6 Å². The number of ketones is 1. The van der Waals surface area contributed by atoms with E-state index in [1.807, 2.05) is 35.8 Å². The molecule has 4 rings (SSSR count). The Kier molecular flexibility index (Phi) is 5.63. The highest BCUT2D eigenvalue weighted by Gasteiger charge is 2.16. The lowest BCUT2D eigenvalue weighted by molar-refractivity contribution is 0.103. The molecule has 0 radical (unpaired) electrons. The third-order valence-electron chi connectivity index (χ3n) is 5.58. The van der Waals surface area contributed by atoms with Gasteiger partial charge in [0.1, 0.15) is 5.82 Å². The molecule has 0 atom stereocenters. The minimum absolute atomic E-state index is 0.0200. The molecule has 0 fully saturated rings. The second-order valence-electron chi connectivity index (χ2n) is 7.55. The quantitative estimate of drug-likeness (QED) is 0.584. The van der Waals surface area contributed by atoms with Gasteiger partial charge in [-0.2, -0.15) is 0 Å². The fourth-order valence-corrected chi connectivity index (χ4v) is 3.94. The lowest BCUT2D eigenvalue weighted by Crippen LogP contribution is -2.31. The van der Waals surface area contributed by atoms with Crippen molar-refractivity contribution < 1.29 is 4.79 Å². The molecule has 1 aliphatic rings. The molecule has 0 N–H and O–H groups in total. The number of rotatable bonds is 5. The van der Waals surface area contributed by atoms with Crippen LogP contribution in [0, 0.1) is 6.92 Å². The van der Waals surface area contributed by atoms with Crippen molar-refractivity contribution in [2.45, 2.75) is 45.6 Å². The van der Waals surface area contributed by atoms with E-state index in [-0.39, 0.29) is 11.3 Å². The number of fused-ring (bicyclic) bond motifs is 1. The minimum Gasteiger partial charge on any atom is -0.296 e. The molecule has 0 amide bonds. The predicted octanol–water partition coefficient (Wildman–Crippen LogP) is 4.56. The van der Waals surface area contributed by atoms with Gasteiger partial charge in [0.15, 0.2) is 5.78 Å². The monoisotopic (exact) mass is 406 g/mol. The zero-order valence-electron chi connectivity index (χ0n) is 16.5. The largest absolute Gasteiger partial charge is 0.296 e. The summed E-state index contributed by atoms with van der Waals surface area (Å²) in [7, 11) is 0. The van der Waals surface area contributed by atoms with E-state index in [1.165, 1.54) is 0 Å². The Bertz CT molecular complexity index is 1100. The van der Waals surface area contributed by atoms with Crippen molar-refractivity contribution in [1.82, 2.24) is 9.55 Å². The molecule has 1 aliphatic heterocycles. The number of carbonyl (C=O) groups is 1. The average Bonchev–Trinajstić information content (AvgIpc) is 2.76. The molecule has 1 aromatic heterocycles. The summed E-state index contributed by atoms with van der Waals surface area (Å²) in [5, 5.41) is 0.614. The Morgan fingerprint density at radius 1 is 1.00 bits per heavy atom. The number of hydrogen-bond donors (Lipinski definition) is 0. The third kappa shape index (κ3) is 4.18. The van der Waals surface area contributed by atoms with Crippen LogP contribution in [0.3, 0.4) is 0 Å². The number of aryl methyl sites for hydroxylation is 3. The van der Waals surface area contributed by atoms with Crippen molar-refractivity contribution in [1.29, 1.82) is 0 Å². The van der Waals surface area contributed by atoms with E-state index in [4.69, 9.17) is 16.6 Å². The van der Waals surface area contributed by atoms with Crippen molar-refractivity contribution in [3.8, 4) is 0 Å². The summed E-state index contributed by atoms with van der Waals surface area (Å²) in [6.07, 6.45) is 4.53. The first-order valence-electron chi connectivity index (χ1n) is 10.0. The van der Waals surface area contributed by atoms with Gasteiger partial charge in [-0.3, -0.25) is 14.2 Å². The molecule has 0 unspecified atom stereocenters. The molecular formula is C24H23ClN2O2. The number of nitrogens with zero attached hydrogens (tertiary/aromatic N) is 2. The Balaban J connectivity index is 1.47. The van der Waals surface area contributed by atoms with Crippen LogP contribution in [-0.4, -0.2) is 15.3 Å². The van der Waals surface area contributed by atoms with E-state index in [0.29, 0.717) is 16.1 Å². The SMILES string of the molecule is Cc1c(CCc2ccc(C(=O)c3ccc(Cl)cc3)cc2)nc2n(c1=O)CCCC2. The van der Waals surface area contributed by atoms with Crippen LogP contribution in [0.25, 0.3) is 0 Å². The number of carbonyl (C=O) groups excluding carboxylic acids is 1. The number of hydrogen-bond acceptors (Lipinski definition) is 3. The first-order chi connectivity index (χ1) is 14.0. The molecule has 0 saturated carbocycles. The molecule has 4 nitrogen and oxygen atoms in total. The number of halogens is 1. The highest BCUT2D eigenvalue weighted by molar-refractivity contribution is 6.30. The molecule has 148 valence electrons. The lowest BCUT2D eigenvalue weighted by Gasteiger charge is -2.19. The van der Waals surface area contributed by atoms with E-state index in [9.17, 15) is 9.59 Å². The highest BCUT2D eigenvalue weighted by Crippen LogP contribution is 2.17. The topological polar surface area (TPSA) is 52.0 Å². The van der Waals surface area contributed by atoms with Gasteiger partial charge < -0.3 is 0 Å². The van der Waals surface area contributed by atoms with Crippen LogP contribution in [0.4, 0.5) is 0 Å². The van der Waals surface area contributed by atoms with Crippen molar-refractivity contribution in [2.24, 2.45) is 0 Å². The standard InChI is InChI=1S/C24H23ClN2O2/c1-16-21(26-22-4-2-3-15-27(22)24(16)29)14-7-17-5-8-18(9-6-17)23(28)19-10-12-20(25)13-11-19/h5-6,8-13H,2-4,7,14-15H2,1H3. The molecule has 2 heterocycles. The first-order valence-corrected chi connectivity index (χ1v) is 10.4. The third-order valence-corrected chi connectivity index (χ3v) is 5.83. The summed E-state index contributed by atoms with van der Waals surface area (Å²) >= 11 is 5.89. The Hall–Kier alpha value is -2.72. The summed E-state index contributed by atoms with van der Waals surface area (Å²) in [6, 6.07) is 14.6. The minimum atomic E-state index is -0.0200. The second kappa shape index (κ2) is 8.34. The van der Waals surface area contributed by atoms with Gasteiger partial charge in [-0.15, -0.1) is 0 Å². The summed E-state index contributed by atoms with van der Waals surface area (Å²) < 4.78 is 1.83. The van der Waals surface area contributed by atoms with Crippen LogP contribution in [0.5, 0.6) is 0 Å². The van der Waals surface area contributed by atoms with Crippen LogP contribution in [0.15, 0.2) is 53.3 Å². The first kappa shape index (κ1) is 19.6. The summed E-state index contributed by atoms with van der Waals surface area (Å²) in [5.74, 6) is 0.902. The molecule has 2 aromatic carbocycles. The maximum absolute atomic E-state index is 12.6. The Labute approximate surface area is 175 Å². The molecule has 0 saturated heterocycles. The van der Waals surface area contributed by atoms with Gasteiger partial charge in [0.2, 0.25) is 0 Å². The van der Waals surface area contributed by atoms with Crippen molar-refractivity contribution >= 4 is 17.4 Å². The molecule has 0 bridgehead atoms. The van der Waals surface area contributed by atoms with Gasteiger partial charge in [0.05, 0.1) is 5.69 Å². The van der Waals surface area contributed by atoms with Gasteiger partial charge in [0, 0.05) is 34.7 Å². The average molecular weight is 407 g/mol. The van der Waals surface area contributed by atoms with E-state index in [2.05, 4.69) is 0 Å². The summed E-state index contributed by atoms with van der Waals surface area (Å²) in [5.41, 5.74) is 4.15. The fourth-order valence-electron chi connectivity index (χ4n) is 3.81. The van der Waals surface area contributed by atoms with Crippen LogP contribution in [0.1, 0.15) is 51.4 Å². The van der Waals surface area contributed by atoms with Crippen molar-refractivity contribution in [3.05, 3.63) is 97.7 Å². The molecular weight excluding hydrogens is 384 g/mol. The van der Waals surface area contributed by atoms with E-state index < -0.39 is 0 Å². The maximum Gasteiger partial charge on any atom is 0.256 e. The lowest BCUT2D eigenvalue weighted by atomic mass is 10.00. The normalized spacial score (nSPS) is 13.2. The highest BCUT2D eigenvalue weighted by atomic mass is 35.5. The summed E-state index contributed by atoms with van der Waals surface area (Å²) in [6.45, 7) is 2.66. The van der Waals surface area contributed by atoms with E-state index >= 15 is 0 Å². The predicted molar refractivity (Wildman–Crippen MR) is 115 cm³/mol. The zero-order valence-corrected chi connectivity index (χ0v) is 17.2. The smallest absolute Gasteiger partial charge is 0.256 e. The van der Waals surface area contributed by atoms with Gasteiger partial charge in [-0.05, 0) is 62.4 Å². The van der Waals surface area contributed by atoms with Gasteiger partial charge in [0.25, 0.3) is 5.56 Å². The fraction of sp³-hybridized carbons (Fsp3) is 0.292. The number of aromatic nitrogens is 2. The van der Waals surface area contributed by atoms with Crippen LogP contribution < -0.4 is 5.56 Å². The van der Waals surface area contributed by atoms with Crippen molar-refractivity contribution in [3.63, 3.8) is 0 Å². The molecule has 5 heteroatoms. The second-order valence-corrected chi connectivity index (χ2v) is 7.98. The number of benzene rings is 2. The summed E-state index contributed by atoms with van der Waals surface area (Å²) in [4.78, 5) is 30.0. The Morgan fingerprint density at radius 2 is 1.66 bits per heavy atom. The zero-order chi connectivity index (χ0) is 20.4. The molecule has 0 aliphatic carbocycles. The van der Waals surface area contributed by atoms with Crippen LogP contribution in [0.2, 0.25) is 5.02 Å². The Morgan fingerprint density at radius 3 is 2.34 bits per heavy atom. The molecule has 0 spiro atoms. The van der Waals surface area contributed by atoms with Gasteiger partial charge >= 0.3 is 0 Å². The van der Waals surface area contributed by atoms with Crippen molar-refractivity contribution in [2.75, 3.05) is 0 Å². The van der Waals surface area contributed by atoms with Gasteiger partial charge in [-0.1, -0.05) is 35.9 Å².